The number of aromatic nitrogens is 3. The summed E-state index contributed by atoms with van der Waals surface area (Å²) in [5, 5.41) is 24.2. The summed E-state index contributed by atoms with van der Waals surface area (Å²) in [5.41, 5.74) is 1.02. The van der Waals surface area contributed by atoms with Gasteiger partial charge in [0.1, 0.15) is 12.2 Å². The Morgan fingerprint density at radius 3 is 2.87 bits per heavy atom. The molecule has 126 valence electrons. The molecule has 3 fully saturated rings. The van der Waals surface area contributed by atoms with Crippen molar-refractivity contribution in [2.24, 2.45) is 0 Å². The lowest BCUT2D eigenvalue weighted by Crippen LogP contribution is -2.54. The van der Waals surface area contributed by atoms with Gasteiger partial charge in [-0.1, -0.05) is 5.21 Å². The average molecular weight is 321 g/mol. The van der Waals surface area contributed by atoms with E-state index in [1.165, 1.54) is 19.3 Å². The minimum atomic E-state index is -0.696. The van der Waals surface area contributed by atoms with E-state index in [4.69, 9.17) is 4.74 Å². The Bertz CT molecular complexity index is 569. The highest BCUT2D eigenvalue weighted by molar-refractivity contribution is 5.74. The number of urea groups is 1. The van der Waals surface area contributed by atoms with Crippen LogP contribution < -0.4 is 10.6 Å². The van der Waals surface area contributed by atoms with Gasteiger partial charge < -0.3 is 20.5 Å². The average Bonchev–Trinajstić information content (AvgIpc) is 3.16. The predicted molar refractivity (Wildman–Crippen MR) is 80.8 cm³/mol. The van der Waals surface area contributed by atoms with Crippen LogP contribution in [0.1, 0.15) is 43.7 Å². The first-order valence-electron chi connectivity index (χ1n) is 8.46. The summed E-state index contributed by atoms with van der Waals surface area (Å²) in [4.78, 5) is 12.0. The quantitative estimate of drug-likeness (QED) is 0.716. The maximum absolute atomic E-state index is 12.0. The fraction of sp³-hybridized carbons (Fsp3) is 0.800. The molecular formula is C15H23N5O3. The van der Waals surface area contributed by atoms with Crippen molar-refractivity contribution in [2.75, 3.05) is 6.61 Å². The van der Waals surface area contributed by atoms with Crippen LogP contribution in [0.3, 0.4) is 0 Å². The van der Waals surface area contributed by atoms with Gasteiger partial charge in [-0.15, -0.1) is 5.10 Å². The third kappa shape index (κ3) is 3.32. The zero-order valence-electron chi connectivity index (χ0n) is 13.0. The lowest BCUT2D eigenvalue weighted by atomic mass is 9.93. The summed E-state index contributed by atoms with van der Waals surface area (Å²) in [6.07, 6.45) is 6.54. The number of amides is 2. The van der Waals surface area contributed by atoms with Gasteiger partial charge in [0.05, 0.1) is 24.9 Å². The van der Waals surface area contributed by atoms with E-state index < -0.39 is 12.1 Å². The summed E-state index contributed by atoms with van der Waals surface area (Å²) in [6.45, 7) is 0.703. The molecule has 3 atom stereocenters. The first kappa shape index (κ1) is 14.9. The van der Waals surface area contributed by atoms with Crippen molar-refractivity contribution in [2.45, 2.75) is 68.9 Å². The van der Waals surface area contributed by atoms with Gasteiger partial charge in [-0.3, -0.25) is 0 Å². The van der Waals surface area contributed by atoms with Crippen LogP contribution in [0.4, 0.5) is 4.79 Å². The van der Waals surface area contributed by atoms with Crippen molar-refractivity contribution >= 4 is 6.03 Å². The van der Waals surface area contributed by atoms with Crippen LogP contribution in [0.2, 0.25) is 0 Å². The van der Waals surface area contributed by atoms with Crippen molar-refractivity contribution in [3.63, 3.8) is 0 Å². The first-order valence-corrected chi connectivity index (χ1v) is 8.46. The number of nitrogens with one attached hydrogen (secondary N) is 2. The largest absolute Gasteiger partial charge is 0.388 e. The van der Waals surface area contributed by atoms with Crippen molar-refractivity contribution < 1.29 is 14.6 Å². The highest BCUT2D eigenvalue weighted by Crippen LogP contribution is 2.38. The number of aliphatic hydroxyl groups is 1. The number of rotatable bonds is 5. The third-order valence-electron chi connectivity index (χ3n) is 4.95. The van der Waals surface area contributed by atoms with E-state index in [0.29, 0.717) is 12.5 Å². The summed E-state index contributed by atoms with van der Waals surface area (Å²) >= 11 is 0. The van der Waals surface area contributed by atoms with E-state index >= 15 is 0 Å². The molecule has 0 unspecified atom stereocenters. The predicted octanol–water partition coefficient (Wildman–Crippen LogP) is 0.135. The van der Waals surface area contributed by atoms with Crippen LogP contribution >= 0.6 is 0 Å². The number of hydrogen-bond donors (Lipinski definition) is 3. The van der Waals surface area contributed by atoms with Crippen molar-refractivity contribution in [1.82, 2.24) is 25.6 Å². The molecule has 0 bridgehead atoms. The Labute approximate surface area is 134 Å². The van der Waals surface area contributed by atoms with Gasteiger partial charge in [-0.05, 0) is 32.1 Å². The van der Waals surface area contributed by atoms with Gasteiger partial charge in [0, 0.05) is 18.2 Å². The van der Waals surface area contributed by atoms with Crippen molar-refractivity contribution in [3.8, 4) is 0 Å². The van der Waals surface area contributed by atoms with E-state index in [-0.39, 0.29) is 24.8 Å². The lowest BCUT2D eigenvalue weighted by molar-refractivity contribution is 0.0746. The molecule has 0 spiro atoms. The fourth-order valence-corrected chi connectivity index (χ4v) is 3.12. The van der Waals surface area contributed by atoms with Crippen LogP contribution in [0.5, 0.6) is 0 Å². The molecule has 2 saturated carbocycles. The molecule has 1 saturated heterocycles. The molecule has 1 aromatic rings. The molecule has 2 aliphatic carbocycles. The van der Waals surface area contributed by atoms with Crippen LogP contribution in [0, 0.1) is 0 Å². The second-order valence-corrected chi connectivity index (χ2v) is 6.85. The molecule has 3 aliphatic rings. The fourth-order valence-electron chi connectivity index (χ4n) is 3.12. The Balaban J connectivity index is 1.34. The molecule has 8 nitrogen and oxygen atoms in total. The summed E-state index contributed by atoms with van der Waals surface area (Å²) in [6, 6.07) is -0.389. The van der Waals surface area contributed by atoms with Crippen LogP contribution in [-0.2, 0) is 11.3 Å². The maximum Gasteiger partial charge on any atom is 0.315 e. The Hall–Kier alpha value is -1.67. The van der Waals surface area contributed by atoms with Gasteiger partial charge in [0.25, 0.3) is 0 Å². The van der Waals surface area contributed by atoms with Crippen LogP contribution in [0.25, 0.3) is 0 Å². The molecule has 8 heteroatoms. The Morgan fingerprint density at radius 1 is 1.35 bits per heavy atom. The van der Waals surface area contributed by atoms with Gasteiger partial charge in [0.15, 0.2) is 0 Å². The number of hydrogen-bond acceptors (Lipinski definition) is 5. The van der Waals surface area contributed by atoms with Crippen LogP contribution in [0.15, 0.2) is 6.20 Å². The molecule has 0 aromatic carbocycles. The molecule has 2 amide bonds. The number of nitrogens with zero attached hydrogens (tertiary/aromatic N) is 3. The highest BCUT2D eigenvalue weighted by atomic mass is 16.5. The summed E-state index contributed by atoms with van der Waals surface area (Å²) in [5.74, 6) is 0.556. The van der Waals surface area contributed by atoms with E-state index in [1.807, 2.05) is 6.20 Å². The number of aliphatic hydroxyl groups excluding tert-OH is 1. The summed E-state index contributed by atoms with van der Waals surface area (Å²) in [7, 11) is 0. The molecule has 3 N–H and O–H groups in total. The van der Waals surface area contributed by atoms with Gasteiger partial charge in [-0.25, -0.2) is 9.48 Å². The molecule has 0 radical (unpaired) electrons. The minimum absolute atomic E-state index is 0.225. The molecule has 1 aliphatic heterocycles. The third-order valence-corrected chi connectivity index (χ3v) is 4.95. The summed E-state index contributed by atoms with van der Waals surface area (Å²) < 4.78 is 7.38. The van der Waals surface area contributed by atoms with Gasteiger partial charge in [-0.2, -0.15) is 0 Å². The maximum atomic E-state index is 12.0. The number of carbonyl (C=O) groups excluding carboxylic acids is 1. The Kier molecular flexibility index (Phi) is 3.94. The van der Waals surface area contributed by atoms with E-state index in [9.17, 15) is 9.90 Å². The topological polar surface area (TPSA) is 101 Å². The molecule has 2 heterocycles. The Morgan fingerprint density at radius 2 is 2.17 bits per heavy atom. The molecule has 1 aromatic heterocycles. The zero-order valence-corrected chi connectivity index (χ0v) is 13.0. The van der Waals surface area contributed by atoms with Crippen molar-refractivity contribution in [1.29, 1.82) is 0 Å². The smallest absolute Gasteiger partial charge is 0.315 e. The lowest BCUT2D eigenvalue weighted by Gasteiger charge is -2.28. The van der Waals surface area contributed by atoms with E-state index in [2.05, 4.69) is 20.9 Å². The van der Waals surface area contributed by atoms with E-state index in [1.54, 1.807) is 4.68 Å². The monoisotopic (exact) mass is 321 g/mol. The van der Waals surface area contributed by atoms with Gasteiger partial charge in [0.2, 0.25) is 0 Å². The van der Waals surface area contributed by atoms with E-state index in [0.717, 1.165) is 18.5 Å². The number of ether oxygens (including phenoxy) is 1. The second-order valence-electron chi connectivity index (χ2n) is 6.85. The van der Waals surface area contributed by atoms with Gasteiger partial charge >= 0.3 is 6.03 Å². The standard InChI is InChI=1S/C15H23N5O3/c21-12-8-23-13(7-20-6-11(18-19-20)9-4-5-9)14(12)17-15(22)16-10-2-1-3-10/h6,9-10,12-14,21H,1-5,7-8H2,(H2,16,17,22)/t12-,13+,14+/m0/s1. The number of carbonyl (C=O) groups is 1. The molecular weight excluding hydrogens is 298 g/mol. The second kappa shape index (κ2) is 6.09. The molecule has 23 heavy (non-hydrogen) atoms. The van der Waals surface area contributed by atoms with Crippen LogP contribution in [-0.4, -0.2) is 57.0 Å². The zero-order chi connectivity index (χ0) is 15.8. The highest BCUT2D eigenvalue weighted by Gasteiger charge is 2.38. The normalized spacial score (nSPS) is 30.9. The minimum Gasteiger partial charge on any atom is -0.388 e. The first-order chi connectivity index (χ1) is 11.2. The van der Waals surface area contributed by atoms with Crippen molar-refractivity contribution in [3.05, 3.63) is 11.9 Å². The molecule has 4 rings (SSSR count). The SMILES string of the molecule is O=C(NC1CCC1)N[C@@H]1[C@@H](O)CO[C@@H]1Cn1cc(C2CC2)nn1.